The number of rotatable bonds is 7. The van der Waals surface area contributed by atoms with Crippen LogP contribution in [-0.4, -0.2) is 46.5 Å². The summed E-state index contributed by atoms with van der Waals surface area (Å²) in [6, 6.07) is 0. The molecule has 0 radical (unpaired) electrons. The first-order valence-electron chi connectivity index (χ1n) is 5.79. The Morgan fingerprint density at radius 2 is 2.11 bits per heavy atom. The van der Waals surface area contributed by atoms with E-state index in [1.807, 2.05) is 13.8 Å². The summed E-state index contributed by atoms with van der Waals surface area (Å²) in [5.41, 5.74) is 0. The zero-order valence-corrected chi connectivity index (χ0v) is 11.3. The molecule has 0 aliphatic carbocycles. The highest BCUT2D eigenvalue weighted by Gasteiger charge is 2.10. The van der Waals surface area contributed by atoms with Gasteiger partial charge in [0, 0.05) is 26.1 Å². The van der Waals surface area contributed by atoms with Gasteiger partial charge >= 0.3 is 5.97 Å². The molecule has 0 fully saturated rings. The number of anilines is 1. The third-order valence-electron chi connectivity index (χ3n) is 2.45. The van der Waals surface area contributed by atoms with Crippen molar-refractivity contribution in [2.45, 2.75) is 20.3 Å². The number of hydrogen-bond donors (Lipinski definition) is 2. The Balaban J connectivity index is 2.37. The minimum absolute atomic E-state index is 0.0857. The van der Waals surface area contributed by atoms with E-state index in [-0.39, 0.29) is 10.8 Å². The van der Waals surface area contributed by atoms with Crippen molar-refractivity contribution in [2.24, 2.45) is 0 Å². The predicted molar refractivity (Wildman–Crippen MR) is 70.1 cm³/mol. The maximum atomic E-state index is 11.7. The van der Waals surface area contributed by atoms with Crippen molar-refractivity contribution < 1.29 is 14.7 Å². The van der Waals surface area contributed by atoms with Crippen molar-refractivity contribution in [1.29, 1.82) is 0 Å². The van der Waals surface area contributed by atoms with Crippen LogP contribution in [0, 0.1) is 0 Å². The molecule has 18 heavy (non-hydrogen) atoms. The van der Waals surface area contributed by atoms with Gasteiger partial charge in [0.15, 0.2) is 5.13 Å². The van der Waals surface area contributed by atoms with Crippen LogP contribution in [0.4, 0.5) is 5.13 Å². The Morgan fingerprint density at radius 3 is 2.61 bits per heavy atom. The average Bonchev–Trinajstić information content (AvgIpc) is 2.79. The summed E-state index contributed by atoms with van der Waals surface area (Å²) in [6.07, 6.45) is 1.69. The highest BCUT2D eigenvalue weighted by molar-refractivity contribution is 7.17. The lowest BCUT2D eigenvalue weighted by Crippen LogP contribution is -2.31. The minimum atomic E-state index is -0.986. The summed E-state index contributed by atoms with van der Waals surface area (Å²) >= 11 is 1.07. The van der Waals surface area contributed by atoms with Crippen molar-refractivity contribution in [3.8, 4) is 0 Å². The number of carbonyl (C=O) groups is 2. The van der Waals surface area contributed by atoms with Gasteiger partial charge in [-0.25, -0.2) is 9.78 Å². The van der Waals surface area contributed by atoms with Crippen LogP contribution in [-0.2, 0) is 4.79 Å². The molecule has 0 aromatic carbocycles. The maximum absolute atomic E-state index is 11.7. The number of nitrogens with one attached hydrogen (secondary N) is 1. The van der Waals surface area contributed by atoms with E-state index in [1.54, 1.807) is 4.90 Å². The second-order valence-electron chi connectivity index (χ2n) is 3.58. The molecule has 0 aliphatic heterocycles. The molecule has 7 heteroatoms. The fraction of sp³-hybridized carbons (Fsp3) is 0.545. The lowest BCUT2D eigenvalue weighted by Gasteiger charge is -2.18. The average molecular weight is 271 g/mol. The van der Waals surface area contributed by atoms with Gasteiger partial charge in [-0.05, 0) is 13.8 Å². The van der Waals surface area contributed by atoms with Gasteiger partial charge in [0.05, 0.1) is 6.20 Å². The third kappa shape index (κ3) is 3.99. The van der Waals surface area contributed by atoms with Gasteiger partial charge in [0.1, 0.15) is 4.88 Å². The van der Waals surface area contributed by atoms with E-state index in [9.17, 15) is 9.59 Å². The monoisotopic (exact) mass is 271 g/mol. The smallest absolute Gasteiger partial charge is 0.347 e. The highest BCUT2D eigenvalue weighted by atomic mass is 32.1. The molecule has 0 unspecified atom stereocenters. The second-order valence-corrected chi connectivity index (χ2v) is 4.61. The summed E-state index contributed by atoms with van der Waals surface area (Å²) in [4.78, 5) is 28.2. The Morgan fingerprint density at radius 1 is 1.44 bits per heavy atom. The van der Waals surface area contributed by atoms with Crippen molar-refractivity contribution in [3.63, 3.8) is 0 Å². The molecule has 2 N–H and O–H groups in total. The predicted octanol–water partition coefficient (Wildman–Crippen LogP) is 1.51. The highest BCUT2D eigenvalue weighted by Crippen LogP contribution is 2.17. The van der Waals surface area contributed by atoms with Crippen molar-refractivity contribution in [3.05, 3.63) is 11.1 Å². The van der Waals surface area contributed by atoms with Crippen LogP contribution in [0.5, 0.6) is 0 Å². The number of hydrogen-bond acceptors (Lipinski definition) is 5. The van der Waals surface area contributed by atoms with Gasteiger partial charge in [0.2, 0.25) is 5.91 Å². The molecule has 0 saturated heterocycles. The summed E-state index contributed by atoms with van der Waals surface area (Å²) in [5, 5.41) is 12.2. The SMILES string of the molecule is CCN(CC)C(=O)CCNc1ncc(C(=O)O)s1. The van der Waals surface area contributed by atoms with E-state index in [0.717, 1.165) is 11.3 Å². The van der Waals surface area contributed by atoms with Crippen LogP contribution < -0.4 is 5.32 Å². The zero-order chi connectivity index (χ0) is 13.5. The number of aromatic nitrogens is 1. The molecule has 1 aromatic heterocycles. The van der Waals surface area contributed by atoms with Gasteiger partial charge in [-0.1, -0.05) is 11.3 Å². The van der Waals surface area contributed by atoms with Crippen molar-refractivity contribution in [2.75, 3.05) is 25.0 Å². The Labute approximate surface area is 110 Å². The molecule has 1 amide bonds. The van der Waals surface area contributed by atoms with Crippen LogP contribution in [0.1, 0.15) is 29.9 Å². The van der Waals surface area contributed by atoms with E-state index in [1.165, 1.54) is 6.20 Å². The number of thiazole rings is 1. The molecule has 1 rings (SSSR count). The van der Waals surface area contributed by atoms with Gasteiger partial charge in [-0.15, -0.1) is 0 Å². The summed E-state index contributed by atoms with van der Waals surface area (Å²) in [5.74, 6) is -0.901. The fourth-order valence-electron chi connectivity index (χ4n) is 1.47. The molecule has 0 bridgehead atoms. The first-order valence-corrected chi connectivity index (χ1v) is 6.60. The number of nitrogens with zero attached hydrogens (tertiary/aromatic N) is 2. The van der Waals surface area contributed by atoms with Crippen LogP contribution in [0.2, 0.25) is 0 Å². The molecule has 0 spiro atoms. The Hall–Kier alpha value is -1.63. The molecule has 1 aromatic rings. The van der Waals surface area contributed by atoms with E-state index in [2.05, 4.69) is 10.3 Å². The summed E-state index contributed by atoms with van der Waals surface area (Å²) < 4.78 is 0. The van der Waals surface area contributed by atoms with Crippen LogP contribution in [0.15, 0.2) is 6.20 Å². The molecule has 6 nitrogen and oxygen atoms in total. The van der Waals surface area contributed by atoms with Crippen LogP contribution >= 0.6 is 11.3 Å². The molecule has 0 aliphatic rings. The fourth-order valence-corrected chi connectivity index (χ4v) is 2.15. The van der Waals surface area contributed by atoms with Crippen LogP contribution in [0.25, 0.3) is 0 Å². The second kappa shape index (κ2) is 6.95. The van der Waals surface area contributed by atoms with Gasteiger partial charge in [0.25, 0.3) is 0 Å². The molecular formula is C11H17N3O3S. The molecular weight excluding hydrogens is 254 g/mol. The lowest BCUT2D eigenvalue weighted by atomic mass is 10.3. The molecule has 100 valence electrons. The number of carbonyl (C=O) groups excluding carboxylic acids is 1. The maximum Gasteiger partial charge on any atom is 0.347 e. The van der Waals surface area contributed by atoms with E-state index in [0.29, 0.717) is 31.2 Å². The summed E-state index contributed by atoms with van der Waals surface area (Å²) in [6.45, 7) is 5.75. The van der Waals surface area contributed by atoms with E-state index in [4.69, 9.17) is 5.11 Å². The third-order valence-corrected chi connectivity index (χ3v) is 3.39. The quantitative estimate of drug-likeness (QED) is 0.785. The molecule has 1 heterocycles. The van der Waals surface area contributed by atoms with Gasteiger partial charge in [-0.3, -0.25) is 4.79 Å². The van der Waals surface area contributed by atoms with E-state index >= 15 is 0 Å². The largest absolute Gasteiger partial charge is 0.477 e. The lowest BCUT2D eigenvalue weighted by molar-refractivity contribution is -0.130. The van der Waals surface area contributed by atoms with Crippen LogP contribution in [0.3, 0.4) is 0 Å². The van der Waals surface area contributed by atoms with Crippen molar-refractivity contribution >= 4 is 28.3 Å². The number of carboxylic acid groups (broad SMARTS) is 1. The number of amides is 1. The number of aromatic carboxylic acids is 1. The Kier molecular flexibility index (Phi) is 5.57. The van der Waals surface area contributed by atoms with Crippen molar-refractivity contribution in [1.82, 2.24) is 9.88 Å². The van der Waals surface area contributed by atoms with Gasteiger partial charge in [-0.2, -0.15) is 0 Å². The first-order chi connectivity index (χ1) is 8.58. The molecule has 0 atom stereocenters. The molecule has 0 saturated carbocycles. The summed E-state index contributed by atoms with van der Waals surface area (Å²) in [7, 11) is 0. The first kappa shape index (κ1) is 14.4. The zero-order valence-electron chi connectivity index (χ0n) is 10.5. The number of carboxylic acids is 1. The standard InChI is InChI=1S/C11H17N3O3S/c1-3-14(4-2)9(15)5-6-12-11-13-7-8(18-11)10(16)17/h7H,3-6H2,1-2H3,(H,12,13)(H,16,17). The van der Waals surface area contributed by atoms with Gasteiger partial charge < -0.3 is 15.3 Å². The Bertz CT molecular complexity index is 415. The topological polar surface area (TPSA) is 82.5 Å². The van der Waals surface area contributed by atoms with E-state index < -0.39 is 5.97 Å². The minimum Gasteiger partial charge on any atom is -0.477 e. The normalized spacial score (nSPS) is 10.1.